The Morgan fingerprint density at radius 2 is 1.97 bits per heavy atom. The van der Waals surface area contributed by atoms with E-state index in [1.54, 1.807) is 12.4 Å². The highest BCUT2D eigenvalue weighted by molar-refractivity contribution is 6.03. The van der Waals surface area contributed by atoms with Crippen LogP contribution in [0.2, 0.25) is 0 Å². The number of ether oxygens (including phenoxy) is 1. The molecule has 35 heavy (non-hydrogen) atoms. The normalized spacial score (nSPS) is 22.0. The lowest BCUT2D eigenvalue weighted by Crippen LogP contribution is -2.39. The van der Waals surface area contributed by atoms with Crippen molar-refractivity contribution in [2.75, 3.05) is 12.4 Å². The summed E-state index contributed by atoms with van der Waals surface area (Å²) in [6.07, 6.45) is 6.14. The smallest absolute Gasteiger partial charge is 0.274 e. The molecule has 3 N–H and O–H groups in total. The number of halogens is 2. The molecule has 4 unspecified atom stereocenters. The number of rotatable bonds is 6. The number of nitrogens with two attached hydrogens (primary N) is 1. The summed E-state index contributed by atoms with van der Waals surface area (Å²) >= 11 is 0. The van der Waals surface area contributed by atoms with Gasteiger partial charge in [0.25, 0.3) is 5.91 Å². The molecule has 2 aromatic heterocycles. The summed E-state index contributed by atoms with van der Waals surface area (Å²) in [6.45, 7) is 4.38. The maximum atomic E-state index is 14.6. The van der Waals surface area contributed by atoms with Crippen LogP contribution in [0.15, 0.2) is 48.8 Å². The number of carbonyl (C=O) groups excluding carboxylic acids is 1. The molecule has 1 amide bonds. The van der Waals surface area contributed by atoms with Crippen LogP contribution in [0.1, 0.15) is 55.1 Å². The number of aromatic nitrogens is 2. The van der Waals surface area contributed by atoms with Gasteiger partial charge in [-0.05, 0) is 66.5 Å². The molecule has 1 fully saturated rings. The van der Waals surface area contributed by atoms with E-state index in [-0.39, 0.29) is 34.7 Å². The Balaban J connectivity index is 1.64. The lowest BCUT2D eigenvalue weighted by atomic mass is 9.69. The largest absolute Gasteiger partial charge is 0.496 e. The fourth-order valence-corrected chi connectivity index (χ4v) is 5.06. The van der Waals surface area contributed by atoms with Gasteiger partial charge in [0.15, 0.2) is 0 Å². The minimum atomic E-state index is -0.761. The lowest BCUT2D eigenvalue weighted by molar-refractivity contribution is 0.102. The van der Waals surface area contributed by atoms with Crippen molar-refractivity contribution in [1.29, 1.82) is 0 Å². The fourth-order valence-electron chi connectivity index (χ4n) is 5.06. The molecule has 0 spiro atoms. The van der Waals surface area contributed by atoms with Gasteiger partial charge in [0.05, 0.1) is 24.6 Å². The fraction of sp³-hybridized carbons (Fsp3) is 0.370. The lowest BCUT2D eigenvalue weighted by Gasteiger charge is -2.39. The van der Waals surface area contributed by atoms with E-state index in [4.69, 9.17) is 10.5 Å². The number of hydrogen-bond donors (Lipinski definition) is 2. The standard InChI is InChI=1S/C27H30F2N4O2/c1-4-16-12-17(13-21(30)15(16)2)18-10-11-31-14-23(18)33-27(34)22-9-8-20(29)26(32-22)25-19(28)6-5-7-24(25)35-3/h5-11,14-17,21H,4,12-13,30H2,1-3H3,(H,33,34). The van der Waals surface area contributed by atoms with Gasteiger partial charge in [0, 0.05) is 12.2 Å². The van der Waals surface area contributed by atoms with Crippen LogP contribution in [0.5, 0.6) is 5.75 Å². The predicted molar refractivity (Wildman–Crippen MR) is 131 cm³/mol. The number of hydrogen-bond acceptors (Lipinski definition) is 5. The second-order valence-corrected chi connectivity index (χ2v) is 9.12. The average Bonchev–Trinajstić information content (AvgIpc) is 2.86. The van der Waals surface area contributed by atoms with E-state index in [2.05, 4.69) is 29.1 Å². The summed E-state index contributed by atoms with van der Waals surface area (Å²) in [6, 6.07) is 8.50. The highest BCUT2D eigenvalue weighted by atomic mass is 19.1. The van der Waals surface area contributed by atoms with Crippen molar-refractivity contribution in [2.45, 2.75) is 45.1 Å². The van der Waals surface area contributed by atoms with Crippen molar-refractivity contribution in [3.63, 3.8) is 0 Å². The summed E-state index contributed by atoms with van der Waals surface area (Å²) < 4.78 is 34.4. The first kappa shape index (κ1) is 24.7. The maximum absolute atomic E-state index is 14.6. The topological polar surface area (TPSA) is 90.1 Å². The van der Waals surface area contributed by atoms with Gasteiger partial charge in [-0.25, -0.2) is 13.8 Å². The van der Waals surface area contributed by atoms with Crippen LogP contribution in [0.25, 0.3) is 11.3 Å². The zero-order valence-corrected chi connectivity index (χ0v) is 20.1. The quantitative estimate of drug-likeness (QED) is 0.483. The van der Waals surface area contributed by atoms with Gasteiger partial charge in [-0.15, -0.1) is 0 Å². The summed E-state index contributed by atoms with van der Waals surface area (Å²) in [5.41, 5.74) is 7.49. The molecule has 1 saturated carbocycles. The number of amides is 1. The zero-order valence-electron chi connectivity index (χ0n) is 20.1. The molecule has 2 heterocycles. The monoisotopic (exact) mass is 480 g/mol. The van der Waals surface area contributed by atoms with E-state index in [1.165, 1.54) is 31.4 Å². The van der Waals surface area contributed by atoms with Crippen LogP contribution in [0.3, 0.4) is 0 Å². The average molecular weight is 481 g/mol. The van der Waals surface area contributed by atoms with Crippen LogP contribution in [-0.4, -0.2) is 29.0 Å². The van der Waals surface area contributed by atoms with Crippen LogP contribution in [-0.2, 0) is 0 Å². The van der Waals surface area contributed by atoms with Crippen molar-refractivity contribution < 1.29 is 18.3 Å². The molecule has 0 saturated heterocycles. The van der Waals surface area contributed by atoms with Crippen LogP contribution in [0.4, 0.5) is 14.5 Å². The maximum Gasteiger partial charge on any atom is 0.274 e. The molecule has 4 rings (SSSR count). The van der Waals surface area contributed by atoms with Crippen LogP contribution in [0, 0.1) is 23.5 Å². The number of carbonyl (C=O) groups is 1. The molecule has 1 aromatic carbocycles. The van der Waals surface area contributed by atoms with Crippen LogP contribution >= 0.6 is 0 Å². The SMILES string of the molecule is CCC1CC(c2ccncc2NC(=O)c2ccc(F)c(-c3c(F)cccc3OC)n2)CC(N)C1C. The van der Waals surface area contributed by atoms with E-state index >= 15 is 0 Å². The predicted octanol–water partition coefficient (Wildman–Crippen LogP) is 5.55. The van der Waals surface area contributed by atoms with Crippen molar-refractivity contribution in [3.05, 3.63) is 71.7 Å². The second kappa shape index (κ2) is 10.5. The first-order chi connectivity index (χ1) is 16.8. The highest BCUT2D eigenvalue weighted by Crippen LogP contribution is 2.42. The van der Waals surface area contributed by atoms with Gasteiger partial charge in [-0.3, -0.25) is 9.78 Å². The molecule has 6 nitrogen and oxygen atoms in total. The molecule has 184 valence electrons. The Hall–Kier alpha value is -3.39. The summed E-state index contributed by atoms with van der Waals surface area (Å²) in [7, 11) is 1.36. The summed E-state index contributed by atoms with van der Waals surface area (Å²) in [4.78, 5) is 21.5. The van der Waals surface area contributed by atoms with Crippen molar-refractivity contribution in [3.8, 4) is 17.0 Å². The van der Waals surface area contributed by atoms with E-state index in [9.17, 15) is 13.6 Å². The van der Waals surface area contributed by atoms with Gasteiger partial charge in [-0.2, -0.15) is 0 Å². The first-order valence-corrected chi connectivity index (χ1v) is 11.8. The van der Waals surface area contributed by atoms with Gasteiger partial charge in [0.2, 0.25) is 0 Å². The highest BCUT2D eigenvalue weighted by Gasteiger charge is 2.34. The van der Waals surface area contributed by atoms with Gasteiger partial charge in [0.1, 0.15) is 28.8 Å². The molecule has 1 aliphatic carbocycles. The Kier molecular flexibility index (Phi) is 7.40. The minimum absolute atomic E-state index is 0.0538. The molecule has 4 atom stereocenters. The van der Waals surface area contributed by atoms with Crippen LogP contribution < -0.4 is 15.8 Å². The third-order valence-corrected chi connectivity index (χ3v) is 7.14. The second-order valence-electron chi connectivity index (χ2n) is 9.12. The molecule has 0 aliphatic heterocycles. The zero-order chi connectivity index (χ0) is 25.1. The number of pyridine rings is 2. The molecule has 1 aliphatic rings. The Morgan fingerprint density at radius 1 is 1.17 bits per heavy atom. The van der Waals surface area contributed by atoms with Gasteiger partial charge in [-0.1, -0.05) is 26.3 Å². The Labute approximate surface area is 203 Å². The number of methoxy groups -OCH3 is 1. The molecular weight excluding hydrogens is 450 g/mol. The van der Waals surface area contributed by atoms with Crippen molar-refractivity contribution >= 4 is 11.6 Å². The first-order valence-electron chi connectivity index (χ1n) is 11.8. The van der Waals surface area contributed by atoms with E-state index in [0.29, 0.717) is 17.5 Å². The van der Waals surface area contributed by atoms with E-state index in [0.717, 1.165) is 30.9 Å². The summed E-state index contributed by atoms with van der Waals surface area (Å²) in [5.74, 6) is -0.762. The third-order valence-electron chi connectivity index (χ3n) is 7.14. The van der Waals surface area contributed by atoms with Gasteiger partial charge < -0.3 is 15.8 Å². The minimum Gasteiger partial charge on any atom is -0.496 e. The van der Waals surface area contributed by atoms with Crippen molar-refractivity contribution in [2.24, 2.45) is 17.6 Å². The van der Waals surface area contributed by atoms with E-state index in [1.807, 2.05) is 6.07 Å². The van der Waals surface area contributed by atoms with Crippen molar-refractivity contribution in [1.82, 2.24) is 9.97 Å². The third kappa shape index (κ3) is 5.03. The molecule has 0 bridgehead atoms. The Bertz CT molecular complexity index is 1220. The molecular formula is C27H30F2N4O2. The summed E-state index contributed by atoms with van der Waals surface area (Å²) in [5, 5.41) is 2.87. The Morgan fingerprint density at radius 3 is 2.71 bits per heavy atom. The molecule has 8 heteroatoms. The number of nitrogens with zero attached hydrogens (tertiary/aromatic N) is 2. The van der Waals surface area contributed by atoms with Gasteiger partial charge >= 0.3 is 0 Å². The number of anilines is 1. The molecule has 3 aromatic rings. The number of benzene rings is 1. The van der Waals surface area contributed by atoms with E-state index < -0.39 is 17.5 Å². The molecule has 0 radical (unpaired) electrons. The number of nitrogens with one attached hydrogen (secondary N) is 1.